The van der Waals surface area contributed by atoms with Crippen molar-refractivity contribution < 1.29 is 4.39 Å². The number of H-pyrrole nitrogens is 1. The number of nitrogens with one attached hydrogen (secondary N) is 1. The zero-order valence-electron chi connectivity index (χ0n) is 21.2. The van der Waals surface area contributed by atoms with E-state index in [0.717, 1.165) is 52.7 Å². The van der Waals surface area contributed by atoms with Gasteiger partial charge in [-0.05, 0) is 84.3 Å². The molecule has 0 radical (unpaired) electrons. The molecule has 0 spiro atoms. The van der Waals surface area contributed by atoms with E-state index in [1.54, 1.807) is 16.8 Å². The normalized spacial score (nSPS) is 15.2. The molecule has 1 fully saturated rings. The van der Waals surface area contributed by atoms with Crippen LogP contribution in [0.25, 0.3) is 10.9 Å². The van der Waals surface area contributed by atoms with Crippen LogP contribution in [0.15, 0.2) is 47.3 Å². The minimum absolute atomic E-state index is 0.0433. The Labute approximate surface area is 210 Å². The summed E-state index contributed by atoms with van der Waals surface area (Å²) >= 11 is 0. The lowest BCUT2D eigenvalue weighted by atomic mass is 10.0. The van der Waals surface area contributed by atoms with Gasteiger partial charge in [-0.3, -0.25) is 9.69 Å². The Balaban J connectivity index is 1.50. The van der Waals surface area contributed by atoms with Crippen molar-refractivity contribution in [2.24, 2.45) is 0 Å². The molecule has 188 valence electrons. The molecule has 0 unspecified atom stereocenters. The number of tetrazole rings is 1. The van der Waals surface area contributed by atoms with Gasteiger partial charge in [0.1, 0.15) is 5.82 Å². The fourth-order valence-electron chi connectivity index (χ4n) is 5.67. The molecule has 1 aliphatic rings. The van der Waals surface area contributed by atoms with Crippen LogP contribution in [0.3, 0.4) is 0 Å². The molecule has 4 aromatic rings. The minimum atomic E-state index is -0.263. The molecule has 2 heterocycles. The standard InChI is InChI=1S/C28H33FN6O/c1-4-25(27-31-32-33-35(27)16-20-9-11-23(29)12-10-20)34(24-7-5-6-8-24)17-22-15-21-14-18(2)13-19(3)26(21)30-28(22)36/h9-15,24-25H,4-8,16-17H2,1-3H3,(H,30,36)/t25-/m1/s1. The van der Waals surface area contributed by atoms with Crippen molar-refractivity contribution in [3.05, 3.63) is 86.7 Å². The molecular formula is C28H33FN6O. The molecule has 0 aliphatic heterocycles. The van der Waals surface area contributed by atoms with Gasteiger partial charge in [-0.1, -0.05) is 43.5 Å². The Morgan fingerprint density at radius 3 is 2.61 bits per heavy atom. The van der Waals surface area contributed by atoms with Crippen molar-refractivity contribution in [1.29, 1.82) is 0 Å². The zero-order chi connectivity index (χ0) is 25.2. The first-order chi connectivity index (χ1) is 17.4. The molecule has 8 heteroatoms. The van der Waals surface area contributed by atoms with E-state index in [-0.39, 0.29) is 17.4 Å². The molecule has 0 amide bonds. The van der Waals surface area contributed by atoms with Crippen LogP contribution in [0.4, 0.5) is 4.39 Å². The van der Waals surface area contributed by atoms with Crippen molar-refractivity contribution in [1.82, 2.24) is 30.1 Å². The van der Waals surface area contributed by atoms with Crippen molar-refractivity contribution in [2.75, 3.05) is 0 Å². The van der Waals surface area contributed by atoms with Crippen molar-refractivity contribution >= 4 is 10.9 Å². The molecule has 7 nitrogen and oxygen atoms in total. The number of hydrogen-bond acceptors (Lipinski definition) is 5. The van der Waals surface area contributed by atoms with Crippen LogP contribution < -0.4 is 5.56 Å². The van der Waals surface area contributed by atoms with E-state index in [1.165, 1.54) is 30.5 Å². The summed E-state index contributed by atoms with van der Waals surface area (Å²) < 4.78 is 15.2. The highest BCUT2D eigenvalue weighted by molar-refractivity contribution is 5.82. The van der Waals surface area contributed by atoms with E-state index in [9.17, 15) is 9.18 Å². The maximum atomic E-state index is 13.4. The Hall–Kier alpha value is -3.39. The first-order valence-electron chi connectivity index (χ1n) is 12.8. The zero-order valence-corrected chi connectivity index (χ0v) is 21.2. The lowest BCUT2D eigenvalue weighted by Gasteiger charge is -2.35. The second kappa shape index (κ2) is 10.3. The van der Waals surface area contributed by atoms with E-state index in [4.69, 9.17) is 0 Å². The van der Waals surface area contributed by atoms with Crippen molar-refractivity contribution in [3.63, 3.8) is 0 Å². The predicted octanol–water partition coefficient (Wildman–Crippen LogP) is 5.21. The highest BCUT2D eigenvalue weighted by Gasteiger charge is 2.32. The summed E-state index contributed by atoms with van der Waals surface area (Å²) in [6, 6.07) is 13.0. The van der Waals surface area contributed by atoms with Gasteiger partial charge >= 0.3 is 0 Å². The molecule has 2 aromatic carbocycles. The lowest BCUT2D eigenvalue weighted by Crippen LogP contribution is -2.39. The fraction of sp³-hybridized carbons (Fsp3) is 0.429. The molecule has 1 saturated carbocycles. The van der Waals surface area contributed by atoms with Gasteiger partial charge in [0, 0.05) is 18.2 Å². The van der Waals surface area contributed by atoms with E-state index < -0.39 is 0 Å². The van der Waals surface area contributed by atoms with Crippen LogP contribution in [0, 0.1) is 19.7 Å². The van der Waals surface area contributed by atoms with Crippen LogP contribution in [0.5, 0.6) is 0 Å². The number of aryl methyl sites for hydroxylation is 2. The molecule has 36 heavy (non-hydrogen) atoms. The monoisotopic (exact) mass is 488 g/mol. The van der Waals surface area contributed by atoms with E-state index in [1.807, 2.05) is 13.0 Å². The van der Waals surface area contributed by atoms with Gasteiger partial charge in [-0.15, -0.1) is 5.10 Å². The van der Waals surface area contributed by atoms with Crippen molar-refractivity contribution in [3.8, 4) is 0 Å². The van der Waals surface area contributed by atoms with Crippen LogP contribution in [0.2, 0.25) is 0 Å². The van der Waals surface area contributed by atoms with Gasteiger partial charge < -0.3 is 4.98 Å². The highest BCUT2D eigenvalue weighted by Crippen LogP contribution is 2.34. The maximum Gasteiger partial charge on any atom is 0.252 e. The number of nitrogens with zero attached hydrogens (tertiary/aromatic N) is 5. The van der Waals surface area contributed by atoms with Crippen LogP contribution >= 0.6 is 0 Å². The lowest BCUT2D eigenvalue weighted by molar-refractivity contribution is 0.112. The minimum Gasteiger partial charge on any atom is -0.321 e. The van der Waals surface area contributed by atoms with Crippen LogP contribution in [-0.2, 0) is 13.1 Å². The third kappa shape index (κ3) is 4.95. The number of fused-ring (bicyclic) bond motifs is 1. The van der Waals surface area contributed by atoms with E-state index in [2.05, 4.69) is 51.4 Å². The largest absolute Gasteiger partial charge is 0.321 e. The van der Waals surface area contributed by atoms with Gasteiger partial charge in [-0.2, -0.15) is 0 Å². The molecule has 1 aliphatic carbocycles. The van der Waals surface area contributed by atoms with Gasteiger partial charge in [0.25, 0.3) is 5.56 Å². The Morgan fingerprint density at radius 1 is 1.14 bits per heavy atom. The molecule has 0 bridgehead atoms. The summed E-state index contributed by atoms with van der Waals surface area (Å²) in [5, 5.41) is 13.7. The van der Waals surface area contributed by atoms with Crippen molar-refractivity contribution in [2.45, 2.75) is 78.0 Å². The van der Waals surface area contributed by atoms with Crippen LogP contribution in [0.1, 0.15) is 73.1 Å². The Kier molecular flexibility index (Phi) is 6.96. The Bertz CT molecular complexity index is 1400. The average Bonchev–Trinajstić information content (AvgIpc) is 3.54. The molecule has 0 saturated heterocycles. The summed E-state index contributed by atoms with van der Waals surface area (Å²) in [5.74, 6) is 0.512. The summed E-state index contributed by atoms with van der Waals surface area (Å²) in [6.07, 6.45) is 5.37. The number of benzene rings is 2. The quantitative estimate of drug-likeness (QED) is 0.368. The molecule has 5 rings (SSSR count). The summed E-state index contributed by atoms with van der Waals surface area (Å²) in [4.78, 5) is 18.8. The molecule has 2 aromatic heterocycles. The summed E-state index contributed by atoms with van der Waals surface area (Å²) in [6.45, 7) is 7.25. The molecule has 1 N–H and O–H groups in total. The van der Waals surface area contributed by atoms with Gasteiger partial charge in [0.05, 0.1) is 18.1 Å². The third-order valence-corrected chi connectivity index (χ3v) is 7.41. The second-order valence-corrected chi connectivity index (χ2v) is 10.0. The smallest absolute Gasteiger partial charge is 0.252 e. The third-order valence-electron chi connectivity index (χ3n) is 7.41. The van der Waals surface area contributed by atoms with Gasteiger partial charge in [0.15, 0.2) is 5.82 Å². The number of aromatic nitrogens is 5. The summed E-state index contributed by atoms with van der Waals surface area (Å²) in [5.41, 5.74) is 4.80. The topological polar surface area (TPSA) is 79.7 Å². The SMILES string of the molecule is CC[C@H](c1nnnn1Cc1ccc(F)cc1)N(Cc1cc2cc(C)cc(C)c2[nH]c1=O)C1CCCC1. The van der Waals surface area contributed by atoms with Crippen LogP contribution in [-0.4, -0.2) is 36.1 Å². The molecular weight excluding hydrogens is 455 g/mol. The second-order valence-electron chi connectivity index (χ2n) is 10.0. The van der Waals surface area contributed by atoms with Gasteiger partial charge in [-0.25, -0.2) is 9.07 Å². The number of hydrogen-bond donors (Lipinski definition) is 1. The van der Waals surface area contributed by atoms with E-state index >= 15 is 0 Å². The van der Waals surface area contributed by atoms with E-state index in [0.29, 0.717) is 19.1 Å². The summed E-state index contributed by atoms with van der Waals surface area (Å²) in [7, 11) is 0. The number of pyridine rings is 1. The highest BCUT2D eigenvalue weighted by atomic mass is 19.1. The average molecular weight is 489 g/mol. The molecule has 1 atom stereocenters. The maximum absolute atomic E-state index is 13.4. The van der Waals surface area contributed by atoms with Gasteiger partial charge in [0.2, 0.25) is 0 Å². The predicted molar refractivity (Wildman–Crippen MR) is 138 cm³/mol. The number of halogens is 1. The first kappa shape index (κ1) is 24.3. The fourth-order valence-corrected chi connectivity index (χ4v) is 5.67. The Morgan fingerprint density at radius 2 is 1.89 bits per heavy atom. The number of rotatable bonds is 8. The first-order valence-corrected chi connectivity index (χ1v) is 12.8. The number of aromatic amines is 1.